The van der Waals surface area contributed by atoms with Gasteiger partial charge in [-0.25, -0.2) is 19.4 Å². The third-order valence-corrected chi connectivity index (χ3v) is 8.06. The molecule has 0 saturated carbocycles. The second-order valence-corrected chi connectivity index (χ2v) is 11.3. The standard InChI is InChI=1S/C31H36F2N10O3/c1-20-27(22-17-34-30(35-18-22)41-11-9-40(2)10-12-41)39-43(23-7-5-4-6-8-23)29(20)38-31(44)36-24-19-42(13-14-45-3)46-28(24)21-15-25(32)37-26(33)16-21/h4-8,15-18,24,28H,9-14,19H2,1-3H3,(H2,36,38,44)/t24-,28+/m1/s1. The summed E-state index contributed by atoms with van der Waals surface area (Å²) in [4.78, 5) is 36.4. The van der Waals surface area contributed by atoms with Crippen LogP contribution in [0.15, 0.2) is 54.9 Å². The number of nitrogens with one attached hydrogen (secondary N) is 2. The molecule has 2 atom stereocenters. The Kier molecular flexibility index (Phi) is 9.44. The highest BCUT2D eigenvalue weighted by atomic mass is 19.1. The maximum atomic E-state index is 14.0. The van der Waals surface area contributed by atoms with E-state index in [0.29, 0.717) is 41.7 Å². The van der Waals surface area contributed by atoms with Crippen LogP contribution in [0.3, 0.4) is 0 Å². The number of amides is 2. The van der Waals surface area contributed by atoms with Crippen molar-refractivity contribution in [3.63, 3.8) is 0 Å². The van der Waals surface area contributed by atoms with Gasteiger partial charge in [0.2, 0.25) is 17.8 Å². The third kappa shape index (κ3) is 6.97. The molecule has 6 rings (SSSR count). The van der Waals surface area contributed by atoms with Crippen molar-refractivity contribution < 1.29 is 23.1 Å². The van der Waals surface area contributed by atoms with Gasteiger partial charge in [-0.15, -0.1) is 0 Å². The number of benzene rings is 1. The van der Waals surface area contributed by atoms with E-state index in [-0.39, 0.29) is 12.1 Å². The van der Waals surface area contributed by atoms with Crippen molar-refractivity contribution in [3.8, 4) is 16.9 Å². The van der Waals surface area contributed by atoms with E-state index in [4.69, 9.17) is 14.7 Å². The summed E-state index contributed by atoms with van der Waals surface area (Å²) in [6.07, 6.45) is 2.63. The van der Waals surface area contributed by atoms with Crippen LogP contribution in [0.4, 0.5) is 25.3 Å². The number of hydrogen-bond donors (Lipinski definition) is 2. The van der Waals surface area contributed by atoms with Gasteiger partial charge >= 0.3 is 6.03 Å². The van der Waals surface area contributed by atoms with Crippen LogP contribution >= 0.6 is 0 Å². The Morgan fingerprint density at radius 1 is 1.07 bits per heavy atom. The van der Waals surface area contributed by atoms with Gasteiger partial charge in [0.05, 0.1) is 18.3 Å². The quantitative estimate of drug-likeness (QED) is 0.265. The molecular formula is C31H36F2N10O3. The van der Waals surface area contributed by atoms with Crippen molar-refractivity contribution in [2.24, 2.45) is 0 Å². The first kappa shape index (κ1) is 31.4. The SMILES string of the molecule is COCCN1C[C@@H](NC(=O)Nc2c(C)c(-c3cnc(N4CCN(C)CC4)nc3)nn2-c2ccccc2)[C@H](c2cc(F)nc(F)c2)O1. The molecule has 13 nitrogen and oxygen atoms in total. The summed E-state index contributed by atoms with van der Waals surface area (Å²) in [5.41, 5.74) is 2.96. The van der Waals surface area contributed by atoms with Crippen molar-refractivity contribution in [1.82, 2.24) is 40.0 Å². The van der Waals surface area contributed by atoms with Crippen LogP contribution in [0, 0.1) is 18.8 Å². The molecule has 2 aliphatic heterocycles. The molecule has 46 heavy (non-hydrogen) atoms. The highest BCUT2D eigenvalue weighted by molar-refractivity contribution is 5.91. The molecule has 0 spiro atoms. The molecule has 0 bridgehead atoms. The zero-order valence-corrected chi connectivity index (χ0v) is 25.9. The molecular weight excluding hydrogens is 598 g/mol. The van der Waals surface area contributed by atoms with Gasteiger partial charge in [0.1, 0.15) is 17.6 Å². The first-order valence-electron chi connectivity index (χ1n) is 15.0. The van der Waals surface area contributed by atoms with Crippen molar-refractivity contribution >= 4 is 17.8 Å². The summed E-state index contributed by atoms with van der Waals surface area (Å²) in [7, 11) is 3.66. The van der Waals surface area contributed by atoms with Crippen LogP contribution in [0.25, 0.3) is 16.9 Å². The number of hydroxylamine groups is 2. The fourth-order valence-corrected chi connectivity index (χ4v) is 5.59. The van der Waals surface area contributed by atoms with Gasteiger partial charge in [-0.3, -0.25) is 10.2 Å². The predicted molar refractivity (Wildman–Crippen MR) is 166 cm³/mol. The highest BCUT2D eigenvalue weighted by Crippen LogP contribution is 2.32. The molecule has 15 heteroatoms. The lowest BCUT2D eigenvalue weighted by atomic mass is 10.0. The molecule has 0 aliphatic carbocycles. The number of pyridine rings is 1. The number of urea groups is 1. The normalized spacial score (nSPS) is 19.0. The Hall–Kier alpha value is -4.57. The molecule has 1 aromatic carbocycles. The highest BCUT2D eigenvalue weighted by Gasteiger charge is 2.37. The third-order valence-electron chi connectivity index (χ3n) is 8.06. The van der Waals surface area contributed by atoms with E-state index >= 15 is 0 Å². The Balaban J connectivity index is 1.25. The van der Waals surface area contributed by atoms with E-state index < -0.39 is 30.1 Å². The average Bonchev–Trinajstić information content (AvgIpc) is 3.60. The van der Waals surface area contributed by atoms with Gasteiger partial charge in [-0.05, 0) is 43.8 Å². The van der Waals surface area contributed by atoms with E-state index in [1.165, 1.54) is 0 Å². The zero-order chi connectivity index (χ0) is 32.2. The number of methoxy groups -OCH3 is 1. The van der Waals surface area contributed by atoms with Crippen LogP contribution in [0.2, 0.25) is 0 Å². The van der Waals surface area contributed by atoms with Crippen LogP contribution in [0.5, 0.6) is 0 Å². The van der Waals surface area contributed by atoms with E-state index in [1.807, 2.05) is 37.3 Å². The van der Waals surface area contributed by atoms with Gasteiger partial charge in [0, 0.05) is 69.9 Å². The number of para-hydroxylation sites is 1. The first-order valence-corrected chi connectivity index (χ1v) is 15.0. The number of rotatable bonds is 9. The average molecular weight is 635 g/mol. The van der Waals surface area contributed by atoms with Gasteiger partial charge in [-0.2, -0.15) is 23.9 Å². The maximum absolute atomic E-state index is 14.0. The summed E-state index contributed by atoms with van der Waals surface area (Å²) < 4.78 is 34.8. The largest absolute Gasteiger partial charge is 0.383 e. The lowest BCUT2D eigenvalue weighted by Crippen LogP contribution is -2.45. The lowest BCUT2D eigenvalue weighted by Gasteiger charge is -2.32. The van der Waals surface area contributed by atoms with Crippen LogP contribution in [0.1, 0.15) is 17.2 Å². The number of halogens is 2. The number of carbonyl (C=O) groups is 1. The fourth-order valence-electron chi connectivity index (χ4n) is 5.59. The Morgan fingerprint density at radius 3 is 2.43 bits per heavy atom. The van der Waals surface area contributed by atoms with Gasteiger partial charge in [-0.1, -0.05) is 18.2 Å². The monoisotopic (exact) mass is 634 g/mol. The minimum absolute atomic E-state index is 0.211. The molecule has 4 aromatic rings. The molecule has 0 unspecified atom stereocenters. The van der Waals surface area contributed by atoms with Gasteiger partial charge < -0.3 is 19.9 Å². The molecule has 242 valence electrons. The van der Waals surface area contributed by atoms with Crippen LogP contribution in [-0.4, -0.2) is 107 Å². The Morgan fingerprint density at radius 2 is 1.76 bits per heavy atom. The second kappa shape index (κ2) is 13.8. The zero-order valence-electron chi connectivity index (χ0n) is 25.9. The minimum Gasteiger partial charge on any atom is -0.383 e. The summed E-state index contributed by atoms with van der Waals surface area (Å²) in [6.45, 7) is 6.46. The second-order valence-electron chi connectivity index (χ2n) is 11.3. The summed E-state index contributed by atoms with van der Waals surface area (Å²) >= 11 is 0. The topological polar surface area (TPSA) is 126 Å². The van der Waals surface area contributed by atoms with Crippen molar-refractivity contribution in [2.75, 3.05) is 70.2 Å². The predicted octanol–water partition coefficient (Wildman–Crippen LogP) is 3.19. The summed E-state index contributed by atoms with van der Waals surface area (Å²) in [5, 5.41) is 12.3. The number of carbonyl (C=O) groups excluding carboxylic acids is 1. The molecule has 0 radical (unpaired) electrons. The number of likely N-dealkylation sites (N-methyl/N-ethyl adjacent to an activating group) is 1. The van der Waals surface area contributed by atoms with Crippen LogP contribution < -0.4 is 15.5 Å². The van der Waals surface area contributed by atoms with E-state index in [2.05, 4.69) is 42.4 Å². The van der Waals surface area contributed by atoms with E-state index in [9.17, 15) is 13.6 Å². The molecule has 2 aliphatic rings. The Bertz CT molecular complexity index is 1630. The number of piperazine rings is 1. The smallest absolute Gasteiger partial charge is 0.320 e. The number of ether oxygens (including phenoxy) is 1. The fraction of sp³-hybridized carbons (Fsp3) is 0.387. The van der Waals surface area contributed by atoms with Gasteiger partial charge in [0.25, 0.3) is 0 Å². The number of anilines is 2. The van der Waals surface area contributed by atoms with Crippen molar-refractivity contribution in [3.05, 3.63) is 77.9 Å². The molecule has 2 saturated heterocycles. The molecule has 2 amide bonds. The van der Waals surface area contributed by atoms with Crippen molar-refractivity contribution in [1.29, 1.82) is 0 Å². The van der Waals surface area contributed by atoms with Crippen LogP contribution in [-0.2, 0) is 9.57 Å². The minimum atomic E-state index is -0.979. The van der Waals surface area contributed by atoms with Gasteiger partial charge in [0.15, 0.2) is 0 Å². The van der Waals surface area contributed by atoms with E-state index in [0.717, 1.165) is 44.0 Å². The number of hydrogen-bond acceptors (Lipinski definition) is 10. The first-order chi connectivity index (χ1) is 22.3. The molecule has 3 aromatic heterocycles. The maximum Gasteiger partial charge on any atom is 0.320 e. The number of nitrogens with zero attached hydrogens (tertiary/aromatic N) is 8. The summed E-state index contributed by atoms with van der Waals surface area (Å²) in [5.74, 6) is -0.855. The molecule has 2 fully saturated rings. The molecule has 5 heterocycles. The summed E-state index contributed by atoms with van der Waals surface area (Å²) in [6, 6.07) is 10.4. The Labute approximate surface area is 265 Å². The van der Waals surface area contributed by atoms with E-state index in [1.54, 1.807) is 29.2 Å². The lowest BCUT2D eigenvalue weighted by molar-refractivity contribution is -0.154. The number of aromatic nitrogens is 5. The molecule has 2 N–H and O–H groups in total. The van der Waals surface area contributed by atoms with Crippen molar-refractivity contribution in [2.45, 2.75) is 19.1 Å².